The average Bonchev–Trinajstić information content (AvgIpc) is 2.40. The largest absolute Gasteiger partial charge is 0.496 e. The molecule has 2 rings (SSSR count). The van der Waals surface area contributed by atoms with Gasteiger partial charge in [-0.15, -0.1) is 0 Å². The maximum atomic E-state index is 11.4. The summed E-state index contributed by atoms with van der Waals surface area (Å²) < 4.78 is 5.32. The molecule has 0 unspecified atom stereocenters. The molecule has 0 spiro atoms. The summed E-state index contributed by atoms with van der Waals surface area (Å²) >= 11 is 6.18. The molecular formula is C17H17ClO2. The lowest BCUT2D eigenvalue weighted by Gasteiger charge is -2.12. The van der Waals surface area contributed by atoms with Gasteiger partial charge in [-0.1, -0.05) is 17.7 Å². The summed E-state index contributed by atoms with van der Waals surface area (Å²) in [6.45, 7) is 5.56. The van der Waals surface area contributed by atoms with Crippen molar-refractivity contribution in [3.63, 3.8) is 0 Å². The number of rotatable bonds is 3. The lowest BCUT2D eigenvalue weighted by atomic mass is 9.96. The number of ether oxygens (including phenoxy) is 1. The molecule has 0 fully saturated rings. The minimum Gasteiger partial charge on any atom is -0.496 e. The van der Waals surface area contributed by atoms with E-state index in [0.717, 1.165) is 28.0 Å². The van der Waals surface area contributed by atoms with Crippen molar-refractivity contribution in [1.82, 2.24) is 0 Å². The summed E-state index contributed by atoms with van der Waals surface area (Å²) in [5.41, 5.74) is 4.83. The predicted octanol–water partition coefficient (Wildman–Crippen LogP) is 4.84. The van der Waals surface area contributed by atoms with E-state index in [1.165, 1.54) is 6.92 Å². The molecule has 2 aromatic carbocycles. The Labute approximate surface area is 124 Å². The van der Waals surface area contributed by atoms with Crippen LogP contribution in [0.25, 0.3) is 11.1 Å². The molecule has 2 aromatic rings. The van der Waals surface area contributed by atoms with Gasteiger partial charge < -0.3 is 4.74 Å². The van der Waals surface area contributed by atoms with Crippen LogP contribution in [0.3, 0.4) is 0 Å². The second-order valence-electron chi connectivity index (χ2n) is 4.89. The van der Waals surface area contributed by atoms with Gasteiger partial charge in [-0.2, -0.15) is 0 Å². The Morgan fingerprint density at radius 2 is 1.80 bits per heavy atom. The second kappa shape index (κ2) is 5.68. The fourth-order valence-corrected chi connectivity index (χ4v) is 2.60. The number of Topliss-reactive ketones (excluding diaryl/α,β-unsaturated/α-hetero) is 1. The van der Waals surface area contributed by atoms with Crippen LogP contribution in [0.15, 0.2) is 30.3 Å². The Kier molecular flexibility index (Phi) is 4.15. The van der Waals surface area contributed by atoms with E-state index in [1.807, 2.05) is 32.0 Å². The van der Waals surface area contributed by atoms with Crippen LogP contribution < -0.4 is 4.74 Å². The van der Waals surface area contributed by atoms with Gasteiger partial charge in [0, 0.05) is 5.56 Å². The number of hydrogen-bond donors (Lipinski definition) is 0. The molecule has 0 aliphatic heterocycles. The van der Waals surface area contributed by atoms with E-state index in [9.17, 15) is 4.79 Å². The second-order valence-corrected chi connectivity index (χ2v) is 5.29. The van der Waals surface area contributed by atoms with Crippen LogP contribution in [0.1, 0.15) is 28.4 Å². The number of ketones is 1. The Hall–Kier alpha value is -1.80. The van der Waals surface area contributed by atoms with Gasteiger partial charge in [0.15, 0.2) is 5.78 Å². The van der Waals surface area contributed by atoms with Gasteiger partial charge in [-0.25, -0.2) is 0 Å². The predicted molar refractivity (Wildman–Crippen MR) is 82.9 cm³/mol. The number of hydrogen-bond acceptors (Lipinski definition) is 2. The number of carbonyl (C=O) groups is 1. The zero-order chi connectivity index (χ0) is 14.9. The van der Waals surface area contributed by atoms with Gasteiger partial charge in [0.25, 0.3) is 0 Å². The lowest BCUT2D eigenvalue weighted by molar-refractivity contribution is 0.101. The topological polar surface area (TPSA) is 26.3 Å². The molecule has 20 heavy (non-hydrogen) atoms. The lowest BCUT2D eigenvalue weighted by Crippen LogP contribution is -1.95. The van der Waals surface area contributed by atoms with E-state index < -0.39 is 0 Å². The minimum atomic E-state index is -0.0239. The molecule has 0 saturated carbocycles. The molecule has 0 aliphatic carbocycles. The number of benzene rings is 2. The zero-order valence-corrected chi connectivity index (χ0v) is 12.8. The van der Waals surface area contributed by atoms with Crippen LogP contribution in [0.2, 0.25) is 5.02 Å². The third kappa shape index (κ3) is 2.70. The average molecular weight is 289 g/mol. The highest BCUT2D eigenvalue weighted by molar-refractivity contribution is 6.34. The van der Waals surface area contributed by atoms with Crippen molar-refractivity contribution in [1.29, 1.82) is 0 Å². The van der Waals surface area contributed by atoms with Crippen molar-refractivity contribution in [2.75, 3.05) is 7.11 Å². The molecule has 0 heterocycles. The van der Waals surface area contributed by atoms with E-state index in [4.69, 9.17) is 16.3 Å². The molecule has 0 radical (unpaired) electrons. The van der Waals surface area contributed by atoms with E-state index >= 15 is 0 Å². The van der Waals surface area contributed by atoms with Gasteiger partial charge in [0.1, 0.15) is 5.75 Å². The van der Waals surface area contributed by atoms with Crippen molar-refractivity contribution in [3.05, 3.63) is 52.0 Å². The van der Waals surface area contributed by atoms with Crippen molar-refractivity contribution in [2.45, 2.75) is 20.8 Å². The summed E-state index contributed by atoms with van der Waals surface area (Å²) in [6, 6.07) is 9.63. The molecule has 0 atom stereocenters. The molecule has 0 N–H and O–H groups in total. The van der Waals surface area contributed by atoms with Crippen LogP contribution in [0.5, 0.6) is 5.75 Å². The highest BCUT2D eigenvalue weighted by Crippen LogP contribution is 2.32. The Bertz CT molecular complexity index is 675. The molecular weight excluding hydrogens is 272 g/mol. The number of carbonyl (C=O) groups excluding carboxylic acids is 1. The summed E-state index contributed by atoms with van der Waals surface area (Å²) in [5.74, 6) is 0.849. The summed E-state index contributed by atoms with van der Waals surface area (Å²) in [5, 5.41) is 0.489. The van der Waals surface area contributed by atoms with E-state index in [1.54, 1.807) is 13.2 Å². The quantitative estimate of drug-likeness (QED) is 0.756. The Morgan fingerprint density at radius 3 is 2.35 bits per heavy atom. The standard InChI is InChI=1S/C17H17ClO2/c1-10-8-17(20-4)11(2)7-15(10)13-5-6-14(12(3)19)16(18)9-13/h5-9H,1-4H3. The van der Waals surface area contributed by atoms with Crippen LogP contribution in [0.4, 0.5) is 0 Å². The van der Waals surface area contributed by atoms with Crippen LogP contribution >= 0.6 is 11.6 Å². The van der Waals surface area contributed by atoms with Gasteiger partial charge >= 0.3 is 0 Å². The monoisotopic (exact) mass is 288 g/mol. The van der Waals surface area contributed by atoms with Crippen molar-refractivity contribution in [3.8, 4) is 16.9 Å². The van der Waals surface area contributed by atoms with Gasteiger partial charge in [0.05, 0.1) is 12.1 Å². The first-order valence-electron chi connectivity index (χ1n) is 6.40. The van der Waals surface area contributed by atoms with E-state index in [-0.39, 0.29) is 5.78 Å². The zero-order valence-electron chi connectivity index (χ0n) is 12.1. The summed E-state index contributed by atoms with van der Waals surface area (Å²) in [4.78, 5) is 11.4. The van der Waals surface area contributed by atoms with E-state index in [2.05, 4.69) is 6.07 Å². The summed E-state index contributed by atoms with van der Waals surface area (Å²) in [6.07, 6.45) is 0. The third-order valence-corrected chi connectivity index (χ3v) is 3.71. The number of aryl methyl sites for hydroxylation is 2. The number of halogens is 1. The summed E-state index contributed by atoms with van der Waals surface area (Å²) in [7, 11) is 1.67. The molecule has 0 aliphatic rings. The molecule has 0 aromatic heterocycles. The first-order valence-corrected chi connectivity index (χ1v) is 6.78. The molecule has 104 valence electrons. The van der Waals surface area contributed by atoms with Crippen molar-refractivity contribution >= 4 is 17.4 Å². The fraction of sp³-hybridized carbons (Fsp3) is 0.235. The van der Waals surface area contributed by atoms with Gasteiger partial charge in [-0.05, 0) is 67.3 Å². The highest BCUT2D eigenvalue weighted by Gasteiger charge is 2.10. The first kappa shape index (κ1) is 14.6. The van der Waals surface area contributed by atoms with Crippen LogP contribution in [-0.4, -0.2) is 12.9 Å². The van der Waals surface area contributed by atoms with Crippen LogP contribution in [0, 0.1) is 13.8 Å². The first-order chi connectivity index (χ1) is 9.43. The smallest absolute Gasteiger partial charge is 0.161 e. The number of methoxy groups -OCH3 is 1. The van der Waals surface area contributed by atoms with Crippen molar-refractivity contribution < 1.29 is 9.53 Å². The molecule has 3 heteroatoms. The SMILES string of the molecule is COc1cc(C)c(-c2ccc(C(C)=O)c(Cl)c2)cc1C. The maximum absolute atomic E-state index is 11.4. The van der Waals surface area contributed by atoms with E-state index in [0.29, 0.717) is 10.6 Å². The van der Waals surface area contributed by atoms with Gasteiger partial charge in [-0.3, -0.25) is 4.79 Å². The minimum absolute atomic E-state index is 0.0239. The normalized spacial score (nSPS) is 10.4. The maximum Gasteiger partial charge on any atom is 0.161 e. The van der Waals surface area contributed by atoms with Crippen LogP contribution in [-0.2, 0) is 0 Å². The van der Waals surface area contributed by atoms with Crippen molar-refractivity contribution in [2.24, 2.45) is 0 Å². The third-order valence-electron chi connectivity index (χ3n) is 3.40. The Balaban J connectivity index is 2.55. The fourth-order valence-electron chi connectivity index (χ4n) is 2.29. The molecule has 2 nitrogen and oxygen atoms in total. The molecule has 0 amide bonds. The molecule has 0 bridgehead atoms. The Morgan fingerprint density at radius 1 is 1.10 bits per heavy atom. The molecule has 0 saturated heterocycles. The van der Waals surface area contributed by atoms with Gasteiger partial charge in [0.2, 0.25) is 0 Å². The highest BCUT2D eigenvalue weighted by atomic mass is 35.5.